The first-order chi connectivity index (χ1) is 34.3. The van der Waals surface area contributed by atoms with Crippen molar-refractivity contribution in [3.8, 4) is 39.6 Å². The lowest BCUT2D eigenvalue weighted by atomic mass is 9.78. The van der Waals surface area contributed by atoms with Gasteiger partial charge >= 0.3 is 0 Å². The molecule has 1 aliphatic rings. The Balaban J connectivity index is 1.12. The molecule has 72 heavy (non-hydrogen) atoms. The van der Waals surface area contributed by atoms with Crippen LogP contribution in [0.15, 0.2) is 188 Å². The molecule has 0 N–H and O–H groups in total. The molecule has 0 saturated carbocycles. The Labute approximate surface area is 428 Å². The molecule has 1 aliphatic heterocycles. The first-order valence-electron chi connectivity index (χ1n) is 25.8. The van der Waals surface area contributed by atoms with Gasteiger partial charge in [-0.25, -0.2) is 4.98 Å². The highest BCUT2D eigenvalue weighted by atomic mass is 16.5. The fourth-order valence-corrected chi connectivity index (χ4v) is 10.6. The number of ether oxygens (including phenoxy) is 1. The molecule has 5 heteroatoms. The van der Waals surface area contributed by atoms with Gasteiger partial charge in [0.15, 0.2) is 0 Å². The van der Waals surface area contributed by atoms with Crippen LogP contribution < -0.4 is 14.5 Å². The van der Waals surface area contributed by atoms with Crippen LogP contribution in [0.4, 0.5) is 11.4 Å². The lowest BCUT2D eigenvalue weighted by Crippen LogP contribution is -2.30. The van der Waals surface area contributed by atoms with E-state index in [1.807, 2.05) is 6.20 Å². The zero-order chi connectivity index (χ0) is 50.7. The third kappa shape index (κ3) is 9.22. The third-order valence-electron chi connectivity index (χ3n) is 14.8. The first kappa shape index (κ1) is 48.3. The number of anilines is 2. The molecule has 0 saturated heterocycles. The molecule has 0 aliphatic carbocycles. The Bertz CT molecular complexity index is 3450. The molecule has 5 nitrogen and oxygen atoms in total. The van der Waals surface area contributed by atoms with Crippen molar-refractivity contribution in [2.75, 3.05) is 16.5 Å². The molecule has 0 bridgehead atoms. The second-order valence-electron chi connectivity index (χ2n) is 23.0. The number of fused-ring (bicyclic) bond motifs is 3. The zero-order valence-corrected chi connectivity index (χ0v) is 44.4. The lowest BCUT2D eigenvalue weighted by Gasteiger charge is -2.32. The molecule has 9 aromatic rings. The van der Waals surface area contributed by atoms with Crippen molar-refractivity contribution in [3.63, 3.8) is 0 Å². The standard InChI is InChI=1S/C67H70N4O/c1-44(2)56-27-20-28-57(45(3)4)64(56)48-35-53(70-43-69(42-62(70)66(8,9)10)52-26-19-25-51(38-52)67(11,12)49-23-17-14-18-24-49)40-55(36-48)72-54-30-31-58-59-37-47(46-21-15-13-16-22-46)29-32-60(59)71(61(58)41-54)63-39-50(33-34-68-63)65(5,6)7/h13-42,44-45H,43H2,1-12H3. The molecule has 7 aromatic carbocycles. The minimum atomic E-state index is -0.165. The molecule has 0 atom stereocenters. The number of hydrogen-bond acceptors (Lipinski definition) is 4. The fourth-order valence-electron chi connectivity index (χ4n) is 10.6. The topological polar surface area (TPSA) is 33.5 Å². The van der Waals surface area contributed by atoms with Crippen LogP contribution >= 0.6 is 0 Å². The Kier molecular flexibility index (Phi) is 12.5. The summed E-state index contributed by atoms with van der Waals surface area (Å²) in [7, 11) is 0. The van der Waals surface area contributed by atoms with Gasteiger partial charge in [-0.3, -0.25) is 4.57 Å². The molecule has 0 spiro atoms. The average molecular weight is 947 g/mol. The number of pyridine rings is 1. The first-order valence-corrected chi connectivity index (χ1v) is 25.8. The monoisotopic (exact) mass is 947 g/mol. The van der Waals surface area contributed by atoms with Crippen molar-refractivity contribution in [3.05, 3.63) is 216 Å². The highest BCUT2D eigenvalue weighted by Crippen LogP contribution is 2.46. The number of benzene rings is 7. The number of rotatable bonds is 11. The molecule has 0 unspecified atom stereocenters. The van der Waals surface area contributed by atoms with E-state index < -0.39 is 0 Å². The van der Waals surface area contributed by atoms with Gasteiger partial charge in [0.2, 0.25) is 0 Å². The number of aromatic nitrogens is 2. The van der Waals surface area contributed by atoms with Crippen molar-refractivity contribution in [2.45, 2.75) is 106 Å². The van der Waals surface area contributed by atoms with E-state index in [9.17, 15) is 0 Å². The Morgan fingerprint density at radius 2 is 1.17 bits per heavy atom. The summed E-state index contributed by atoms with van der Waals surface area (Å²) in [6, 6.07) is 62.1. The van der Waals surface area contributed by atoms with E-state index in [-0.39, 0.29) is 16.2 Å². The van der Waals surface area contributed by atoms with Crippen LogP contribution in [0, 0.1) is 5.41 Å². The van der Waals surface area contributed by atoms with E-state index in [0.29, 0.717) is 18.5 Å². The summed E-state index contributed by atoms with van der Waals surface area (Å²) >= 11 is 0. The van der Waals surface area contributed by atoms with Crippen LogP contribution in [0.5, 0.6) is 11.5 Å². The summed E-state index contributed by atoms with van der Waals surface area (Å²) in [6.45, 7) is 28.2. The smallest absolute Gasteiger partial charge is 0.137 e. The maximum Gasteiger partial charge on any atom is 0.137 e. The van der Waals surface area contributed by atoms with Gasteiger partial charge in [0, 0.05) is 63.2 Å². The second kappa shape index (κ2) is 18.7. The molecule has 0 radical (unpaired) electrons. The number of allylic oxidation sites excluding steroid dienone is 1. The molecule has 0 amide bonds. The minimum Gasteiger partial charge on any atom is -0.457 e. The van der Waals surface area contributed by atoms with E-state index in [2.05, 4.69) is 274 Å². The van der Waals surface area contributed by atoms with Crippen LogP contribution in [-0.2, 0) is 10.8 Å². The number of nitrogens with zero attached hydrogens (tertiary/aromatic N) is 4. The van der Waals surface area contributed by atoms with Gasteiger partial charge in [-0.15, -0.1) is 0 Å². The summed E-state index contributed by atoms with van der Waals surface area (Å²) in [5.41, 5.74) is 16.6. The van der Waals surface area contributed by atoms with E-state index in [0.717, 1.165) is 45.0 Å². The quantitative estimate of drug-likeness (QED) is 0.129. The van der Waals surface area contributed by atoms with Gasteiger partial charge < -0.3 is 14.5 Å². The van der Waals surface area contributed by atoms with Crippen LogP contribution in [0.2, 0.25) is 0 Å². The third-order valence-corrected chi connectivity index (χ3v) is 14.8. The number of hydrogen-bond donors (Lipinski definition) is 0. The van der Waals surface area contributed by atoms with Crippen molar-refractivity contribution in [1.82, 2.24) is 9.55 Å². The molecule has 364 valence electrons. The highest BCUT2D eigenvalue weighted by molar-refractivity contribution is 6.10. The highest BCUT2D eigenvalue weighted by Gasteiger charge is 2.33. The van der Waals surface area contributed by atoms with Crippen LogP contribution in [0.3, 0.4) is 0 Å². The van der Waals surface area contributed by atoms with Gasteiger partial charge in [0.1, 0.15) is 17.3 Å². The van der Waals surface area contributed by atoms with Crippen molar-refractivity contribution < 1.29 is 4.74 Å². The maximum absolute atomic E-state index is 7.24. The van der Waals surface area contributed by atoms with Gasteiger partial charge in [-0.2, -0.15) is 0 Å². The molecular formula is C67H70N4O. The summed E-state index contributed by atoms with van der Waals surface area (Å²) in [5.74, 6) is 3.08. The summed E-state index contributed by atoms with van der Waals surface area (Å²) < 4.78 is 9.55. The Morgan fingerprint density at radius 3 is 1.85 bits per heavy atom. The Hall–Kier alpha value is -7.37. The Morgan fingerprint density at radius 1 is 0.486 bits per heavy atom. The summed E-state index contributed by atoms with van der Waals surface area (Å²) in [4.78, 5) is 9.94. The van der Waals surface area contributed by atoms with E-state index in [1.54, 1.807) is 0 Å². The fraction of sp³-hybridized carbons (Fsp3) is 0.269. The molecule has 3 heterocycles. The summed E-state index contributed by atoms with van der Waals surface area (Å²) in [6.07, 6.45) is 4.31. The molecule has 2 aromatic heterocycles. The van der Waals surface area contributed by atoms with Gasteiger partial charge in [0.25, 0.3) is 0 Å². The second-order valence-corrected chi connectivity index (χ2v) is 23.0. The van der Waals surface area contributed by atoms with Gasteiger partial charge in [-0.1, -0.05) is 180 Å². The average Bonchev–Trinajstić information content (AvgIpc) is 3.97. The van der Waals surface area contributed by atoms with Gasteiger partial charge in [0.05, 0.1) is 17.7 Å². The summed E-state index contributed by atoms with van der Waals surface area (Å²) in [5, 5.41) is 2.32. The van der Waals surface area contributed by atoms with E-state index >= 15 is 0 Å². The normalized spacial score (nSPS) is 13.5. The van der Waals surface area contributed by atoms with Crippen LogP contribution in [0.25, 0.3) is 49.9 Å². The zero-order valence-electron chi connectivity index (χ0n) is 44.4. The van der Waals surface area contributed by atoms with Crippen LogP contribution in [0.1, 0.15) is 123 Å². The molecule has 0 fully saturated rings. The van der Waals surface area contributed by atoms with E-state index in [4.69, 9.17) is 9.72 Å². The van der Waals surface area contributed by atoms with Gasteiger partial charge in [-0.05, 0) is 128 Å². The SMILES string of the molecule is CC(C)c1cccc(C(C)C)c1-c1cc(Oc2ccc3c4cc(-c5ccccc5)ccc4n(-c4cc(C(C)(C)C)ccn4)c3c2)cc(N2CN(c3cccc(C(C)(C)c4ccccc4)c3)C=C2C(C)(C)C)c1. The van der Waals surface area contributed by atoms with E-state index in [1.165, 1.54) is 61.3 Å². The predicted octanol–water partition coefficient (Wildman–Crippen LogP) is 18.3. The molecular weight excluding hydrogens is 877 g/mol. The van der Waals surface area contributed by atoms with Crippen LogP contribution in [-0.4, -0.2) is 16.2 Å². The lowest BCUT2D eigenvalue weighted by molar-refractivity contribution is 0.481. The largest absolute Gasteiger partial charge is 0.457 e. The predicted molar refractivity (Wildman–Crippen MR) is 305 cm³/mol. The minimum absolute atomic E-state index is 0.0463. The van der Waals surface area contributed by atoms with Crippen molar-refractivity contribution >= 4 is 33.2 Å². The maximum atomic E-state index is 7.24. The van der Waals surface area contributed by atoms with Crippen molar-refractivity contribution in [2.24, 2.45) is 5.41 Å². The molecule has 10 rings (SSSR count). The van der Waals surface area contributed by atoms with Crippen molar-refractivity contribution in [1.29, 1.82) is 0 Å².